The second kappa shape index (κ2) is 4.81. The zero-order valence-electron chi connectivity index (χ0n) is 10.2. The summed E-state index contributed by atoms with van der Waals surface area (Å²) in [6, 6.07) is 8.91. The van der Waals surface area contributed by atoms with Gasteiger partial charge in [0.2, 0.25) is 0 Å². The third kappa shape index (κ3) is 1.88. The minimum absolute atomic E-state index is 0.493. The Kier molecular flexibility index (Phi) is 3.80. The second-order valence-electron chi connectivity index (χ2n) is 4.33. The zero-order valence-corrected chi connectivity index (χ0v) is 13.5. The van der Waals surface area contributed by atoms with Gasteiger partial charge < -0.3 is 0 Å². The van der Waals surface area contributed by atoms with Gasteiger partial charge in [-0.15, -0.1) is 0 Å². The Balaban J connectivity index is 2.39. The molecule has 0 aliphatic carbocycles. The fourth-order valence-corrected chi connectivity index (χ4v) is 12.1. The van der Waals surface area contributed by atoms with Crippen molar-refractivity contribution in [2.75, 3.05) is 7.11 Å². The number of unbranched alkanes of at least 4 members (excludes halogenated alkanes) is 1. The first-order chi connectivity index (χ1) is 7.61. The van der Waals surface area contributed by atoms with E-state index in [1.807, 2.05) is 0 Å². The minimum atomic E-state index is -1.83. The molecule has 0 saturated carbocycles. The van der Waals surface area contributed by atoms with Gasteiger partial charge in [-0.1, -0.05) is 0 Å². The molecular weight excluding hydrogens is 331 g/mol. The number of halogens is 1. The van der Waals surface area contributed by atoms with Crippen LogP contribution in [0, 0.1) is 0 Å². The van der Waals surface area contributed by atoms with Gasteiger partial charge in [-0.2, -0.15) is 0 Å². The van der Waals surface area contributed by atoms with Crippen molar-refractivity contribution < 1.29 is 3.45 Å². The molecular formula is C13H20BrOSe+. The molecule has 1 aliphatic heterocycles. The second-order valence-corrected chi connectivity index (χ2v) is 15.1. The molecule has 2 rings (SSSR count). The molecule has 0 fully saturated rings. The van der Waals surface area contributed by atoms with Crippen LogP contribution in [0.3, 0.4) is 0 Å². The number of hydrogen-bond donors (Lipinski definition) is 0. The Bertz CT molecular complexity index is 382. The normalized spacial score (nSPS) is 33.4. The van der Waals surface area contributed by atoms with E-state index in [9.17, 15) is 0 Å². The molecule has 2 atom stereocenters. The first-order valence-corrected chi connectivity index (χ1v) is 12.6. The Morgan fingerprint density at radius 2 is 2.06 bits per heavy atom. The van der Waals surface area contributed by atoms with Gasteiger partial charge in [0.1, 0.15) is 0 Å². The van der Waals surface area contributed by atoms with Gasteiger partial charge in [-0.3, -0.25) is 0 Å². The number of hydrogen-bond acceptors (Lipinski definition) is 0. The predicted molar refractivity (Wildman–Crippen MR) is 75.9 cm³/mol. The Morgan fingerprint density at radius 1 is 1.38 bits per heavy atom. The van der Waals surface area contributed by atoms with E-state index in [1.54, 1.807) is 4.46 Å². The fraction of sp³-hybridized carbons (Fsp3) is 0.538. The van der Waals surface area contributed by atoms with Crippen LogP contribution in [0.2, 0.25) is 5.32 Å². The van der Waals surface area contributed by atoms with E-state index in [2.05, 4.69) is 62.8 Å². The Labute approximate surface area is 108 Å². The topological polar surface area (TPSA) is 2.70 Å². The first kappa shape index (κ1) is 12.6. The van der Waals surface area contributed by atoms with Crippen molar-refractivity contribution in [3.8, 4) is 0 Å². The molecule has 1 aliphatic rings. The molecule has 90 valence electrons. The van der Waals surface area contributed by atoms with Gasteiger partial charge in [-0.25, -0.2) is 0 Å². The molecule has 3 heteroatoms. The molecule has 0 bridgehead atoms. The van der Waals surface area contributed by atoms with Crippen molar-refractivity contribution in [1.82, 2.24) is 0 Å². The third-order valence-electron chi connectivity index (χ3n) is 3.36. The van der Waals surface area contributed by atoms with E-state index < -0.39 is 11.4 Å². The van der Waals surface area contributed by atoms with Crippen molar-refractivity contribution in [3.05, 3.63) is 29.8 Å². The molecule has 0 spiro atoms. The predicted octanol–water partition coefficient (Wildman–Crippen LogP) is 3.79. The van der Waals surface area contributed by atoms with Gasteiger partial charge in [0.25, 0.3) is 0 Å². The SMILES string of the molecule is CCCC[Se]1(Br)c2ccccc2[C@@H](C)[O+]1C. The molecule has 0 aromatic heterocycles. The van der Waals surface area contributed by atoms with Crippen LogP contribution in [0.5, 0.6) is 0 Å². The summed E-state index contributed by atoms with van der Waals surface area (Å²) in [5.41, 5.74) is 1.50. The summed E-state index contributed by atoms with van der Waals surface area (Å²) in [5, 5.41) is 1.30. The zero-order chi connectivity index (χ0) is 11.8. The summed E-state index contributed by atoms with van der Waals surface area (Å²) in [6.45, 7) is 4.55. The van der Waals surface area contributed by atoms with Gasteiger partial charge in [0, 0.05) is 0 Å². The standard InChI is InChI=1S/C13H20BrOSe/c1-4-5-10-16(14)13-9-7-6-8-12(13)11(2)15(16)3/h6-9,11H,4-5,10H2,1-3H3/q+1/t11-/m1/s1. The maximum absolute atomic E-state index is 4.10. The third-order valence-corrected chi connectivity index (χ3v) is 15.2. The van der Waals surface area contributed by atoms with Gasteiger partial charge in [-0.05, 0) is 0 Å². The first-order valence-electron chi connectivity index (χ1n) is 5.86. The molecule has 1 aromatic rings. The Morgan fingerprint density at radius 3 is 2.75 bits per heavy atom. The van der Waals surface area contributed by atoms with E-state index in [-0.39, 0.29) is 0 Å². The van der Waals surface area contributed by atoms with Crippen LogP contribution in [0.15, 0.2) is 24.3 Å². The fourth-order valence-electron chi connectivity index (χ4n) is 2.21. The van der Waals surface area contributed by atoms with Crippen LogP contribution in [-0.2, 0) is 3.45 Å². The molecule has 1 heterocycles. The number of fused-ring (bicyclic) bond motifs is 1. The van der Waals surface area contributed by atoms with Gasteiger partial charge >= 0.3 is 108 Å². The molecule has 1 nitrogen and oxygen atoms in total. The van der Waals surface area contributed by atoms with Crippen molar-refractivity contribution in [2.24, 2.45) is 0 Å². The van der Waals surface area contributed by atoms with E-state index >= 15 is 0 Å². The van der Waals surface area contributed by atoms with Gasteiger partial charge in [0.15, 0.2) is 0 Å². The molecule has 0 amide bonds. The van der Waals surface area contributed by atoms with E-state index in [0.29, 0.717) is 6.10 Å². The van der Waals surface area contributed by atoms with Crippen molar-refractivity contribution in [3.63, 3.8) is 0 Å². The van der Waals surface area contributed by atoms with Crippen LogP contribution >= 0.6 is 14.1 Å². The number of benzene rings is 1. The van der Waals surface area contributed by atoms with E-state index in [1.165, 1.54) is 23.7 Å². The summed E-state index contributed by atoms with van der Waals surface area (Å²) in [4.78, 5) is 0. The molecule has 0 radical (unpaired) electrons. The molecule has 16 heavy (non-hydrogen) atoms. The Hall–Kier alpha value is 0.179. The molecule has 1 aromatic carbocycles. The van der Waals surface area contributed by atoms with Crippen LogP contribution < -0.4 is 4.46 Å². The van der Waals surface area contributed by atoms with E-state index in [4.69, 9.17) is 0 Å². The summed E-state index contributed by atoms with van der Waals surface area (Å²) in [7, 11) is 2.20. The van der Waals surface area contributed by atoms with Crippen molar-refractivity contribution in [2.45, 2.75) is 38.1 Å². The molecule has 0 saturated heterocycles. The quantitative estimate of drug-likeness (QED) is 0.576. The van der Waals surface area contributed by atoms with E-state index in [0.717, 1.165) is 0 Å². The van der Waals surface area contributed by atoms with Crippen molar-refractivity contribution >= 4 is 29.9 Å². The molecule has 1 unspecified atom stereocenters. The monoisotopic (exact) mass is 351 g/mol. The molecule has 0 N–H and O–H groups in total. The average Bonchev–Trinajstić information content (AvgIpc) is 2.51. The van der Waals surface area contributed by atoms with Crippen molar-refractivity contribution in [1.29, 1.82) is 0 Å². The van der Waals surface area contributed by atoms with Crippen LogP contribution in [-0.4, -0.2) is 18.5 Å². The van der Waals surface area contributed by atoms with Crippen LogP contribution in [0.1, 0.15) is 38.4 Å². The summed E-state index contributed by atoms with van der Waals surface area (Å²) < 4.78 is 5.06. The summed E-state index contributed by atoms with van der Waals surface area (Å²) in [5.74, 6) is 0. The summed E-state index contributed by atoms with van der Waals surface area (Å²) in [6.07, 6.45) is 3.08. The average molecular weight is 351 g/mol. The number of rotatable bonds is 3. The maximum atomic E-state index is 4.10. The van der Waals surface area contributed by atoms with Crippen LogP contribution in [0.25, 0.3) is 0 Å². The van der Waals surface area contributed by atoms with Crippen LogP contribution in [0.4, 0.5) is 0 Å². The van der Waals surface area contributed by atoms with Gasteiger partial charge in [0.05, 0.1) is 0 Å². The summed E-state index contributed by atoms with van der Waals surface area (Å²) >= 11 is 2.26.